The molecule has 0 aliphatic carbocycles. The molecule has 0 bridgehead atoms. The number of alkyl halides is 6. The summed E-state index contributed by atoms with van der Waals surface area (Å²) in [4.78, 5) is 21.1. The van der Waals surface area contributed by atoms with Gasteiger partial charge in [-0.2, -0.15) is 26.3 Å². The molecule has 3 nitrogen and oxygen atoms in total. The first-order valence-electron chi connectivity index (χ1n) is 4.77. The number of thioether (sulfide) groups is 1. The maximum absolute atomic E-state index is 12.0. The molecule has 0 atom stereocenters. The molecule has 0 saturated heterocycles. The first-order valence-corrected chi connectivity index (χ1v) is 5.59. The lowest BCUT2D eigenvalue weighted by molar-refractivity contribution is -0.167. The first kappa shape index (κ1) is 16.3. The van der Waals surface area contributed by atoms with E-state index in [4.69, 9.17) is 0 Å². The van der Waals surface area contributed by atoms with Crippen LogP contribution >= 0.6 is 11.8 Å². The third-order valence-corrected chi connectivity index (χ3v) is 2.74. The average molecular weight is 317 g/mol. The van der Waals surface area contributed by atoms with Gasteiger partial charge in [0.15, 0.2) is 0 Å². The zero-order valence-electron chi connectivity index (χ0n) is 9.30. The molecule has 1 aromatic rings. The van der Waals surface area contributed by atoms with Gasteiger partial charge in [0.1, 0.15) is 0 Å². The third kappa shape index (κ3) is 4.76. The van der Waals surface area contributed by atoms with E-state index in [2.05, 4.69) is 0 Å². The minimum Gasteiger partial charge on any atom is -0.318 e. The minimum atomic E-state index is -5.07. The molecule has 20 heavy (non-hydrogen) atoms. The zero-order chi connectivity index (χ0) is 15.6. The first-order chi connectivity index (χ1) is 9.00. The van der Waals surface area contributed by atoms with E-state index in [1.165, 1.54) is 5.32 Å². The highest BCUT2D eigenvalue weighted by Gasteiger charge is 2.39. The van der Waals surface area contributed by atoms with Crippen LogP contribution in [0.3, 0.4) is 0 Å². The van der Waals surface area contributed by atoms with E-state index in [1.807, 2.05) is 0 Å². The van der Waals surface area contributed by atoms with Crippen LogP contribution in [0.4, 0.5) is 32.0 Å². The second kappa shape index (κ2) is 5.73. The molecule has 1 amide bonds. The molecule has 10 heteroatoms. The van der Waals surface area contributed by atoms with Gasteiger partial charge in [0.25, 0.3) is 5.12 Å². The SMILES string of the molecule is O=C(Nc1ccc(SC(=O)C(F)(F)F)cc1)C(F)(F)F. The van der Waals surface area contributed by atoms with E-state index in [0.717, 1.165) is 24.3 Å². The molecular weight excluding hydrogens is 312 g/mol. The summed E-state index contributed by atoms with van der Waals surface area (Å²) < 4.78 is 71.7. The number of carbonyl (C=O) groups is 2. The molecule has 0 spiro atoms. The smallest absolute Gasteiger partial charge is 0.318 e. The van der Waals surface area contributed by atoms with Gasteiger partial charge in [-0.05, 0) is 36.0 Å². The Labute approximate surface area is 112 Å². The van der Waals surface area contributed by atoms with Crippen LogP contribution in [0.15, 0.2) is 29.2 Å². The molecule has 0 saturated carbocycles. The molecule has 1 N–H and O–H groups in total. The summed E-state index contributed by atoms with van der Waals surface area (Å²) in [7, 11) is 0. The Hall–Kier alpha value is -1.71. The van der Waals surface area contributed by atoms with E-state index >= 15 is 0 Å². The topological polar surface area (TPSA) is 46.2 Å². The van der Waals surface area contributed by atoms with Crippen molar-refractivity contribution >= 4 is 28.5 Å². The fourth-order valence-corrected chi connectivity index (χ4v) is 1.58. The Morgan fingerprint density at radius 1 is 0.900 bits per heavy atom. The standard InChI is InChI=1S/C10H5F6NO2S/c11-9(12,13)7(18)17-5-1-3-6(4-2-5)20-8(19)10(14,15)16/h1-4H,(H,17,18). The van der Waals surface area contributed by atoms with Crippen LogP contribution < -0.4 is 5.32 Å². The maximum Gasteiger partial charge on any atom is 0.471 e. The number of amides is 1. The van der Waals surface area contributed by atoms with Gasteiger partial charge in [0.05, 0.1) is 0 Å². The van der Waals surface area contributed by atoms with Crippen LogP contribution in [0.25, 0.3) is 0 Å². The van der Waals surface area contributed by atoms with Gasteiger partial charge in [-0.15, -0.1) is 0 Å². The summed E-state index contributed by atoms with van der Waals surface area (Å²) >= 11 is -0.115. The van der Waals surface area contributed by atoms with E-state index < -0.39 is 23.4 Å². The average Bonchev–Trinajstić information content (AvgIpc) is 2.29. The highest BCUT2D eigenvalue weighted by molar-refractivity contribution is 8.13. The number of rotatable bonds is 2. The minimum absolute atomic E-state index is 0.114. The lowest BCUT2D eigenvalue weighted by atomic mass is 10.3. The number of benzene rings is 1. The maximum atomic E-state index is 12.0. The molecule has 0 heterocycles. The Kier molecular flexibility index (Phi) is 4.69. The highest BCUT2D eigenvalue weighted by atomic mass is 32.2. The van der Waals surface area contributed by atoms with Crippen LogP contribution in [-0.2, 0) is 9.59 Å². The van der Waals surface area contributed by atoms with Crippen molar-refractivity contribution in [1.82, 2.24) is 0 Å². The molecule has 0 unspecified atom stereocenters. The number of hydrogen-bond donors (Lipinski definition) is 1. The summed E-state index contributed by atoms with van der Waals surface area (Å²) in [5.41, 5.74) is -0.254. The summed E-state index contributed by atoms with van der Waals surface area (Å²) in [5, 5.41) is -0.539. The number of anilines is 1. The fraction of sp³-hybridized carbons (Fsp3) is 0.200. The van der Waals surface area contributed by atoms with Crippen molar-refractivity contribution < 1.29 is 35.9 Å². The predicted molar refractivity (Wildman–Crippen MR) is 58.0 cm³/mol. The van der Waals surface area contributed by atoms with E-state index in [1.54, 1.807) is 0 Å². The van der Waals surface area contributed by atoms with Gasteiger partial charge in [-0.3, -0.25) is 9.59 Å². The molecule has 0 aliphatic rings. The van der Waals surface area contributed by atoms with Crippen LogP contribution in [0.1, 0.15) is 0 Å². The molecule has 1 aromatic carbocycles. The van der Waals surface area contributed by atoms with Crippen molar-refractivity contribution in [2.75, 3.05) is 5.32 Å². The van der Waals surface area contributed by atoms with Crippen molar-refractivity contribution in [3.8, 4) is 0 Å². The van der Waals surface area contributed by atoms with Crippen molar-refractivity contribution in [2.45, 2.75) is 17.2 Å². The van der Waals surface area contributed by atoms with E-state index in [9.17, 15) is 35.9 Å². The van der Waals surface area contributed by atoms with Crippen molar-refractivity contribution in [1.29, 1.82) is 0 Å². The summed E-state index contributed by atoms with van der Waals surface area (Å²) in [5.74, 6) is -2.20. The zero-order valence-corrected chi connectivity index (χ0v) is 10.1. The van der Waals surface area contributed by atoms with Gasteiger partial charge < -0.3 is 5.32 Å². The van der Waals surface area contributed by atoms with Crippen LogP contribution in [0.5, 0.6) is 0 Å². The number of nitrogens with one attached hydrogen (secondary N) is 1. The molecule has 1 rings (SSSR count). The predicted octanol–water partition coefficient (Wildman–Crippen LogP) is 3.37. The van der Waals surface area contributed by atoms with E-state index in [-0.39, 0.29) is 22.3 Å². The van der Waals surface area contributed by atoms with Gasteiger partial charge in [-0.25, -0.2) is 0 Å². The van der Waals surface area contributed by atoms with Gasteiger partial charge in [0, 0.05) is 10.6 Å². The molecule has 0 fully saturated rings. The van der Waals surface area contributed by atoms with Gasteiger partial charge >= 0.3 is 18.3 Å². The largest absolute Gasteiger partial charge is 0.471 e. The number of carbonyl (C=O) groups excluding carboxylic acids is 2. The lowest BCUT2D eigenvalue weighted by Crippen LogP contribution is -2.29. The molecular formula is C10H5F6NO2S. The van der Waals surface area contributed by atoms with Crippen LogP contribution in [-0.4, -0.2) is 23.4 Å². The second-order valence-electron chi connectivity index (χ2n) is 3.36. The van der Waals surface area contributed by atoms with Crippen molar-refractivity contribution in [2.24, 2.45) is 0 Å². The molecule has 0 radical (unpaired) electrons. The Morgan fingerprint density at radius 3 is 1.80 bits per heavy atom. The van der Waals surface area contributed by atoms with Crippen LogP contribution in [0.2, 0.25) is 0 Å². The highest BCUT2D eigenvalue weighted by Crippen LogP contribution is 2.30. The van der Waals surface area contributed by atoms with Crippen LogP contribution in [0, 0.1) is 0 Å². The normalized spacial score (nSPS) is 12.1. The van der Waals surface area contributed by atoms with Crippen molar-refractivity contribution in [3.63, 3.8) is 0 Å². The molecule has 0 aromatic heterocycles. The number of halogens is 6. The monoisotopic (exact) mass is 317 g/mol. The lowest BCUT2D eigenvalue weighted by Gasteiger charge is -2.08. The summed E-state index contributed by atoms with van der Waals surface area (Å²) in [6.45, 7) is 0. The Bertz CT molecular complexity index is 461. The van der Waals surface area contributed by atoms with Gasteiger partial charge in [0.2, 0.25) is 0 Å². The quantitative estimate of drug-likeness (QED) is 0.672. The third-order valence-electron chi connectivity index (χ3n) is 1.81. The number of hydrogen-bond acceptors (Lipinski definition) is 3. The van der Waals surface area contributed by atoms with E-state index in [0.29, 0.717) is 0 Å². The Balaban J connectivity index is 2.71. The summed E-state index contributed by atoms with van der Waals surface area (Å²) in [6, 6.07) is 3.88. The molecule has 0 aliphatic heterocycles. The fourth-order valence-electron chi connectivity index (χ4n) is 0.973. The Morgan fingerprint density at radius 2 is 1.40 bits per heavy atom. The second-order valence-corrected chi connectivity index (χ2v) is 4.41. The van der Waals surface area contributed by atoms with Gasteiger partial charge in [-0.1, -0.05) is 0 Å². The van der Waals surface area contributed by atoms with Crippen molar-refractivity contribution in [3.05, 3.63) is 24.3 Å². The summed E-state index contributed by atoms with van der Waals surface area (Å²) in [6.07, 6.45) is -10.1. The molecule has 110 valence electrons.